The van der Waals surface area contributed by atoms with Crippen molar-refractivity contribution in [3.63, 3.8) is 0 Å². The quantitative estimate of drug-likeness (QED) is 0.587. The molecule has 2 aromatic rings. The van der Waals surface area contributed by atoms with E-state index in [1.807, 2.05) is 29.7 Å². The summed E-state index contributed by atoms with van der Waals surface area (Å²) >= 11 is 5.89. The SMILES string of the molecule is Cc1ccc(Cl)c2nccn12. The molecular weight excluding hydrogens is 160 g/mol. The average molecular weight is 167 g/mol. The van der Waals surface area contributed by atoms with E-state index < -0.39 is 0 Å². The van der Waals surface area contributed by atoms with Crippen molar-refractivity contribution in [2.45, 2.75) is 6.92 Å². The Bertz CT molecular complexity index is 356. The van der Waals surface area contributed by atoms with Crippen molar-refractivity contribution in [3.05, 3.63) is 35.2 Å². The largest absolute Gasteiger partial charge is 0.303 e. The van der Waals surface area contributed by atoms with Gasteiger partial charge < -0.3 is 4.40 Å². The summed E-state index contributed by atoms with van der Waals surface area (Å²) in [5.41, 5.74) is 1.97. The molecule has 2 aromatic heterocycles. The van der Waals surface area contributed by atoms with Gasteiger partial charge in [0.05, 0.1) is 5.02 Å². The highest BCUT2D eigenvalue weighted by Gasteiger charge is 1.99. The first kappa shape index (κ1) is 6.68. The molecule has 3 heteroatoms. The first-order valence-corrected chi connectivity index (χ1v) is 3.75. The molecule has 0 aromatic carbocycles. The highest BCUT2D eigenvalue weighted by Crippen LogP contribution is 2.16. The van der Waals surface area contributed by atoms with E-state index >= 15 is 0 Å². The summed E-state index contributed by atoms with van der Waals surface area (Å²) in [6.45, 7) is 2.02. The van der Waals surface area contributed by atoms with Crippen LogP contribution in [0.2, 0.25) is 5.02 Å². The number of aryl methyl sites for hydroxylation is 1. The van der Waals surface area contributed by atoms with Crippen LogP contribution in [0.4, 0.5) is 0 Å². The van der Waals surface area contributed by atoms with E-state index in [4.69, 9.17) is 11.6 Å². The topological polar surface area (TPSA) is 17.3 Å². The fourth-order valence-corrected chi connectivity index (χ4v) is 1.32. The van der Waals surface area contributed by atoms with Gasteiger partial charge in [0.1, 0.15) is 0 Å². The molecule has 0 spiro atoms. The van der Waals surface area contributed by atoms with Crippen LogP contribution in [0.5, 0.6) is 0 Å². The Labute approximate surface area is 69.4 Å². The molecule has 0 unspecified atom stereocenters. The third-order valence-corrected chi connectivity index (χ3v) is 2.00. The number of halogens is 1. The second kappa shape index (κ2) is 2.24. The molecule has 2 heterocycles. The minimum atomic E-state index is 0.695. The van der Waals surface area contributed by atoms with Gasteiger partial charge in [0, 0.05) is 18.1 Å². The van der Waals surface area contributed by atoms with Crippen molar-refractivity contribution in [3.8, 4) is 0 Å². The summed E-state index contributed by atoms with van der Waals surface area (Å²) in [4.78, 5) is 4.11. The number of aromatic nitrogens is 2. The van der Waals surface area contributed by atoms with Gasteiger partial charge in [-0.2, -0.15) is 0 Å². The molecule has 0 aliphatic carbocycles. The molecule has 0 aliphatic rings. The summed E-state index contributed by atoms with van der Waals surface area (Å²) in [7, 11) is 0. The van der Waals surface area contributed by atoms with Crippen molar-refractivity contribution in [2.75, 3.05) is 0 Å². The summed E-state index contributed by atoms with van der Waals surface area (Å²) in [6.07, 6.45) is 3.64. The van der Waals surface area contributed by atoms with Crippen LogP contribution in [0.3, 0.4) is 0 Å². The number of imidazole rings is 1. The van der Waals surface area contributed by atoms with Gasteiger partial charge in [0.15, 0.2) is 5.65 Å². The van der Waals surface area contributed by atoms with Gasteiger partial charge >= 0.3 is 0 Å². The van der Waals surface area contributed by atoms with Crippen LogP contribution in [0, 0.1) is 6.92 Å². The molecule has 2 nitrogen and oxygen atoms in total. The van der Waals surface area contributed by atoms with Crippen molar-refractivity contribution >= 4 is 17.2 Å². The van der Waals surface area contributed by atoms with Gasteiger partial charge in [0.25, 0.3) is 0 Å². The highest BCUT2D eigenvalue weighted by atomic mass is 35.5. The molecule has 11 heavy (non-hydrogen) atoms. The predicted octanol–water partition coefficient (Wildman–Crippen LogP) is 2.30. The maximum Gasteiger partial charge on any atom is 0.155 e. The normalized spacial score (nSPS) is 10.7. The molecule has 0 N–H and O–H groups in total. The minimum absolute atomic E-state index is 0.695. The van der Waals surface area contributed by atoms with Crippen LogP contribution in [-0.4, -0.2) is 9.38 Å². The Kier molecular flexibility index (Phi) is 1.36. The summed E-state index contributed by atoms with van der Waals surface area (Å²) < 4.78 is 1.96. The maximum atomic E-state index is 5.89. The first-order chi connectivity index (χ1) is 5.29. The first-order valence-electron chi connectivity index (χ1n) is 3.37. The summed E-state index contributed by atoms with van der Waals surface area (Å²) in [5, 5.41) is 0.695. The molecule has 0 saturated carbocycles. The molecule has 0 fully saturated rings. The Morgan fingerprint density at radius 2 is 2.27 bits per heavy atom. The standard InChI is InChI=1S/C8H7ClN2/c1-6-2-3-7(9)8-10-4-5-11(6)8/h2-5H,1H3. The number of pyridine rings is 1. The van der Waals surface area contributed by atoms with Gasteiger partial charge in [-0.15, -0.1) is 0 Å². The van der Waals surface area contributed by atoms with E-state index in [0.717, 1.165) is 11.3 Å². The molecule has 0 bridgehead atoms. The van der Waals surface area contributed by atoms with E-state index in [2.05, 4.69) is 4.98 Å². The van der Waals surface area contributed by atoms with Crippen LogP contribution in [-0.2, 0) is 0 Å². The second-order valence-electron chi connectivity index (χ2n) is 2.44. The summed E-state index contributed by atoms with van der Waals surface area (Å²) in [6, 6.07) is 3.83. The van der Waals surface area contributed by atoms with Crippen molar-refractivity contribution < 1.29 is 0 Å². The Hall–Kier alpha value is -1.02. The second-order valence-corrected chi connectivity index (χ2v) is 2.85. The number of hydrogen-bond acceptors (Lipinski definition) is 1. The van der Waals surface area contributed by atoms with Gasteiger partial charge in [-0.05, 0) is 19.1 Å². The van der Waals surface area contributed by atoms with Gasteiger partial charge in [-0.3, -0.25) is 0 Å². The van der Waals surface area contributed by atoms with E-state index in [-0.39, 0.29) is 0 Å². The lowest BCUT2D eigenvalue weighted by Gasteiger charge is -1.99. The smallest absolute Gasteiger partial charge is 0.155 e. The maximum absolute atomic E-state index is 5.89. The van der Waals surface area contributed by atoms with Crippen molar-refractivity contribution in [1.29, 1.82) is 0 Å². The molecule has 0 amide bonds. The Morgan fingerprint density at radius 3 is 3.00 bits per heavy atom. The highest BCUT2D eigenvalue weighted by molar-refractivity contribution is 6.33. The van der Waals surface area contributed by atoms with Gasteiger partial charge in [-0.1, -0.05) is 11.6 Å². The van der Waals surface area contributed by atoms with Crippen LogP contribution >= 0.6 is 11.6 Å². The Morgan fingerprint density at radius 1 is 1.45 bits per heavy atom. The van der Waals surface area contributed by atoms with E-state index in [0.29, 0.717) is 5.02 Å². The van der Waals surface area contributed by atoms with E-state index in [1.54, 1.807) is 6.20 Å². The lowest BCUT2D eigenvalue weighted by atomic mass is 10.4. The fourth-order valence-electron chi connectivity index (χ4n) is 1.11. The monoisotopic (exact) mass is 166 g/mol. The zero-order valence-corrected chi connectivity index (χ0v) is 6.84. The summed E-state index contributed by atoms with van der Waals surface area (Å²) in [5.74, 6) is 0. The molecular formula is C8H7ClN2. The lowest BCUT2D eigenvalue weighted by molar-refractivity contribution is 1.09. The average Bonchev–Trinajstić information content (AvgIpc) is 2.45. The van der Waals surface area contributed by atoms with E-state index in [9.17, 15) is 0 Å². The van der Waals surface area contributed by atoms with Crippen LogP contribution in [0.1, 0.15) is 5.69 Å². The van der Waals surface area contributed by atoms with Gasteiger partial charge in [-0.25, -0.2) is 4.98 Å². The minimum Gasteiger partial charge on any atom is -0.303 e. The zero-order valence-electron chi connectivity index (χ0n) is 6.08. The van der Waals surface area contributed by atoms with Gasteiger partial charge in [0.2, 0.25) is 0 Å². The van der Waals surface area contributed by atoms with Crippen molar-refractivity contribution in [1.82, 2.24) is 9.38 Å². The third kappa shape index (κ3) is 0.906. The van der Waals surface area contributed by atoms with E-state index in [1.165, 1.54) is 0 Å². The molecule has 0 radical (unpaired) electrons. The molecule has 56 valence electrons. The van der Waals surface area contributed by atoms with Crippen LogP contribution < -0.4 is 0 Å². The third-order valence-electron chi connectivity index (χ3n) is 1.71. The molecule has 2 rings (SSSR count). The number of hydrogen-bond donors (Lipinski definition) is 0. The molecule has 0 aliphatic heterocycles. The fraction of sp³-hybridized carbons (Fsp3) is 0.125. The number of rotatable bonds is 0. The molecule has 0 saturated heterocycles. The van der Waals surface area contributed by atoms with Crippen molar-refractivity contribution in [2.24, 2.45) is 0 Å². The zero-order chi connectivity index (χ0) is 7.84. The number of nitrogens with zero attached hydrogens (tertiary/aromatic N) is 2. The molecule has 0 atom stereocenters. The number of fused-ring (bicyclic) bond motifs is 1. The predicted molar refractivity (Wildman–Crippen MR) is 44.9 cm³/mol. The van der Waals surface area contributed by atoms with Crippen LogP contribution in [0.25, 0.3) is 5.65 Å². The lowest BCUT2D eigenvalue weighted by Crippen LogP contribution is -1.88. The Balaban J connectivity index is 2.96. The van der Waals surface area contributed by atoms with Crippen LogP contribution in [0.15, 0.2) is 24.5 Å².